The van der Waals surface area contributed by atoms with E-state index in [-0.39, 0.29) is 29.9 Å². The Morgan fingerprint density at radius 3 is 2.65 bits per heavy atom. The van der Waals surface area contributed by atoms with E-state index in [1.165, 1.54) is 4.88 Å². The quantitative estimate of drug-likeness (QED) is 0.295. The molecular formula is C21H32IN7OS. The summed E-state index contributed by atoms with van der Waals surface area (Å²) in [5, 5.41) is 7.61. The predicted octanol–water partition coefficient (Wildman–Crippen LogP) is 2.30. The second-order valence-corrected chi connectivity index (χ2v) is 8.43. The first-order chi connectivity index (χ1) is 14.7. The molecule has 2 aromatic heterocycles. The second-order valence-electron chi connectivity index (χ2n) is 7.11. The summed E-state index contributed by atoms with van der Waals surface area (Å²) in [4.78, 5) is 31.3. The molecule has 2 aromatic rings. The minimum absolute atomic E-state index is 0. The lowest BCUT2D eigenvalue weighted by molar-refractivity contribution is -0.131. The predicted molar refractivity (Wildman–Crippen MR) is 138 cm³/mol. The van der Waals surface area contributed by atoms with Gasteiger partial charge in [0.15, 0.2) is 5.96 Å². The van der Waals surface area contributed by atoms with E-state index in [9.17, 15) is 4.79 Å². The molecule has 8 nitrogen and oxygen atoms in total. The van der Waals surface area contributed by atoms with Crippen molar-refractivity contribution in [1.82, 2.24) is 25.5 Å². The molecule has 2 N–H and O–H groups in total. The van der Waals surface area contributed by atoms with Gasteiger partial charge in [-0.3, -0.25) is 9.79 Å². The van der Waals surface area contributed by atoms with Gasteiger partial charge in [-0.15, -0.1) is 35.3 Å². The molecule has 0 bridgehead atoms. The number of guanidine groups is 1. The highest BCUT2D eigenvalue weighted by Gasteiger charge is 2.21. The molecule has 0 atom stereocenters. The van der Waals surface area contributed by atoms with E-state index in [2.05, 4.69) is 37.4 Å². The van der Waals surface area contributed by atoms with Crippen LogP contribution in [-0.4, -0.2) is 72.5 Å². The van der Waals surface area contributed by atoms with Crippen LogP contribution in [0.15, 0.2) is 35.6 Å². The van der Waals surface area contributed by atoms with Crippen LogP contribution in [0.25, 0.3) is 0 Å². The molecule has 1 saturated heterocycles. The van der Waals surface area contributed by atoms with Crippen LogP contribution in [0.3, 0.4) is 0 Å². The molecule has 1 aliphatic rings. The zero-order chi connectivity index (χ0) is 21.2. The molecule has 1 fully saturated rings. The molecule has 0 aliphatic carbocycles. The van der Waals surface area contributed by atoms with Gasteiger partial charge in [-0.05, 0) is 26.0 Å². The van der Waals surface area contributed by atoms with Gasteiger partial charge in [0.05, 0.1) is 5.01 Å². The Hall–Kier alpha value is -1.95. The van der Waals surface area contributed by atoms with E-state index in [1.807, 2.05) is 36.2 Å². The van der Waals surface area contributed by atoms with E-state index in [0.29, 0.717) is 19.5 Å². The minimum Gasteiger partial charge on any atom is -0.357 e. The number of hydrogen-bond acceptors (Lipinski definition) is 6. The molecule has 1 aliphatic heterocycles. The molecule has 3 rings (SSSR count). The van der Waals surface area contributed by atoms with Crippen molar-refractivity contribution in [2.45, 2.75) is 26.7 Å². The van der Waals surface area contributed by atoms with Crippen molar-refractivity contribution in [3.05, 3.63) is 40.5 Å². The van der Waals surface area contributed by atoms with Crippen LogP contribution < -0.4 is 15.5 Å². The van der Waals surface area contributed by atoms with Gasteiger partial charge in [-0.2, -0.15) is 0 Å². The number of carbonyl (C=O) groups excluding carboxylic acids is 1. The normalized spacial score (nSPS) is 14.2. The summed E-state index contributed by atoms with van der Waals surface area (Å²) >= 11 is 1.71. The third-order valence-electron chi connectivity index (χ3n) is 4.85. The van der Waals surface area contributed by atoms with Gasteiger partial charge < -0.3 is 20.4 Å². The minimum atomic E-state index is 0. The molecular weight excluding hydrogens is 525 g/mol. The van der Waals surface area contributed by atoms with Crippen LogP contribution in [0.2, 0.25) is 0 Å². The lowest BCUT2D eigenvalue weighted by Gasteiger charge is -2.35. The number of nitrogens with zero attached hydrogens (tertiary/aromatic N) is 5. The topological polar surface area (TPSA) is 85.7 Å². The Kier molecular flexibility index (Phi) is 11.0. The van der Waals surface area contributed by atoms with Gasteiger partial charge in [0.25, 0.3) is 0 Å². The SMILES string of the molecule is CCNC(=NCCc1ncc(C)s1)NCCC(=O)N1CCN(c2ccccn2)CC1.I. The van der Waals surface area contributed by atoms with Crippen molar-refractivity contribution in [2.75, 3.05) is 50.7 Å². The fraction of sp³-hybridized carbons (Fsp3) is 0.524. The van der Waals surface area contributed by atoms with Crippen molar-refractivity contribution in [3.8, 4) is 0 Å². The number of nitrogens with one attached hydrogen (secondary N) is 2. The van der Waals surface area contributed by atoms with Gasteiger partial charge in [0, 0.05) is 75.9 Å². The number of rotatable bonds is 8. The maximum atomic E-state index is 12.6. The molecule has 10 heteroatoms. The monoisotopic (exact) mass is 557 g/mol. The summed E-state index contributed by atoms with van der Waals surface area (Å²) in [5.74, 6) is 1.90. The zero-order valence-electron chi connectivity index (χ0n) is 18.2. The number of hydrogen-bond donors (Lipinski definition) is 2. The lowest BCUT2D eigenvalue weighted by atomic mass is 10.2. The number of thiazole rings is 1. The van der Waals surface area contributed by atoms with Gasteiger partial charge >= 0.3 is 0 Å². The second kappa shape index (κ2) is 13.5. The number of amides is 1. The summed E-state index contributed by atoms with van der Waals surface area (Å²) in [5.41, 5.74) is 0. The molecule has 3 heterocycles. The van der Waals surface area contributed by atoms with Crippen LogP contribution in [0.1, 0.15) is 23.2 Å². The number of carbonyl (C=O) groups is 1. The van der Waals surface area contributed by atoms with Crippen LogP contribution in [0, 0.1) is 6.92 Å². The Bertz CT molecular complexity index is 822. The first-order valence-corrected chi connectivity index (χ1v) is 11.3. The van der Waals surface area contributed by atoms with Crippen LogP contribution in [-0.2, 0) is 11.2 Å². The third kappa shape index (κ3) is 8.24. The summed E-state index contributed by atoms with van der Waals surface area (Å²) in [6.45, 7) is 9.22. The van der Waals surface area contributed by atoms with Crippen molar-refractivity contribution in [1.29, 1.82) is 0 Å². The molecule has 31 heavy (non-hydrogen) atoms. The van der Waals surface area contributed by atoms with E-state index < -0.39 is 0 Å². The molecule has 170 valence electrons. The first-order valence-electron chi connectivity index (χ1n) is 10.5. The van der Waals surface area contributed by atoms with E-state index >= 15 is 0 Å². The Labute approximate surface area is 205 Å². The van der Waals surface area contributed by atoms with Crippen molar-refractivity contribution in [3.63, 3.8) is 0 Å². The van der Waals surface area contributed by atoms with Crippen molar-refractivity contribution < 1.29 is 4.79 Å². The van der Waals surface area contributed by atoms with E-state index in [4.69, 9.17) is 0 Å². The lowest BCUT2D eigenvalue weighted by Crippen LogP contribution is -2.49. The van der Waals surface area contributed by atoms with Crippen LogP contribution >= 0.6 is 35.3 Å². The fourth-order valence-electron chi connectivity index (χ4n) is 3.29. The summed E-state index contributed by atoms with van der Waals surface area (Å²) in [7, 11) is 0. The first kappa shape index (κ1) is 25.3. The average molecular weight is 558 g/mol. The van der Waals surface area contributed by atoms with Crippen molar-refractivity contribution in [2.24, 2.45) is 4.99 Å². The number of aromatic nitrogens is 2. The average Bonchev–Trinajstić information content (AvgIpc) is 3.19. The van der Waals surface area contributed by atoms with Crippen LogP contribution in [0.5, 0.6) is 0 Å². The highest BCUT2D eigenvalue weighted by Crippen LogP contribution is 2.13. The standard InChI is InChI=1S/C21H31N7OS.HI/c1-3-22-21(24-10-7-19-26-16-17(2)30-19)25-11-8-20(29)28-14-12-27(13-15-28)18-6-4-5-9-23-18;/h4-6,9,16H,3,7-8,10-15H2,1-2H3,(H2,22,24,25);1H. The Morgan fingerprint density at radius 1 is 1.19 bits per heavy atom. The fourth-order valence-corrected chi connectivity index (χ4v) is 4.07. The highest BCUT2D eigenvalue weighted by atomic mass is 127. The van der Waals surface area contributed by atoms with Gasteiger partial charge in [0.1, 0.15) is 5.82 Å². The Balaban J connectivity index is 0.00000341. The summed E-state index contributed by atoms with van der Waals surface area (Å²) in [6.07, 6.45) is 4.99. The zero-order valence-corrected chi connectivity index (χ0v) is 21.4. The van der Waals surface area contributed by atoms with Gasteiger partial charge in [0.2, 0.25) is 5.91 Å². The molecule has 1 amide bonds. The summed E-state index contributed by atoms with van der Waals surface area (Å²) in [6, 6.07) is 5.92. The van der Waals surface area contributed by atoms with Crippen LogP contribution in [0.4, 0.5) is 5.82 Å². The maximum Gasteiger partial charge on any atom is 0.224 e. The van der Waals surface area contributed by atoms with E-state index in [0.717, 1.165) is 55.9 Å². The third-order valence-corrected chi connectivity index (χ3v) is 5.82. The Morgan fingerprint density at radius 2 is 2.00 bits per heavy atom. The van der Waals surface area contributed by atoms with Gasteiger partial charge in [-0.1, -0.05) is 6.07 Å². The number of aliphatic imine (C=N–C) groups is 1. The van der Waals surface area contributed by atoms with Crippen molar-refractivity contribution >= 4 is 53.0 Å². The number of halogens is 1. The largest absolute Gasteiger partial charge is 0.357 e. The molecule has 0 radical (unpaired) electrons. The highest BCUT2D eigenvalue weighted by molar-refractivity contribution is 14.0. The number of pyridine rings is 1. The molecule has 0 unspecified atom stereocenters. The van der Waals surface area contributed by atoms with E-state index in [1.54, 1.807) is 17.5 Å². The van der Waals surface area contributed by atoms with Gasteiger partial charge in [-0.25, -0.2) is 9.97 Å². The maximum absolute atomic E-state index is 12.6. The summed E-state index contributed by atoms with van der Waals surface area (Å²) < 4.78 is 0. The number of aryl methyl sites for hydroxylation is 1. The molecule has 0 aromatic carbocycles. The number of piperazine rings is 1. The number of anilines is 1. The smallest absolute Gasteiger partial charge is 0.224 e. The molecule has 0 spiro atoms. The molecule has 0 saturated carbocycles.